The first-order valence-corrected chi connectivity index (χ1v) is 10.2. The maximum absolute atomic E-state index is 12.3. The van der Waals surface area contributed by atoms with Crippen LogP contribution in [0.3, 0.4) is 0 Å². The van der Waals surface area contributed by atoms with Gasteiger partial charge >= 0.3 is 0 Å². The fraction of sp³-hybridized carbons (Fsp3) is 0.133. The standard InChI is InChI=1S/C15H16N2O5S2/c1-10-3-6-13(23(2,19)20)9-14(10)15(18)17-11-4-7-12(8-5-11)24(16,21)22/h3-9H,1-2H3,(H,17,18)(H2,16,21,22). The van der Waals surface area contributed by atoms with E-state index < -0.39 is 25.8 Å². The Kier molecular flexibility index (Phi) is 4.79. The molecule has 0 aromatic heterocycles. The number of primary sulfonamides is 1. The molecule has 2 aromatic rings. The normalized spacial score (nSPS) is 12.0. The van der Waals surface area contributed by atoms with Crippen LogP contribution in [0.5, 0.6) is 0 Å². The van der Waals surface area contributed by atoms with Crippen LogP contribution >= 0.6 is 0 Å². The van der Waals surface area contributed by atoms with Crippen LogP contribution < -0.4 is 10.5 Å². The molecule has 7 nitrogen and oxygen atoms in total. The summed E-state index contributed by atoms with van der Waals surface area (Å²) in [6.07, 6.45) is 1.06. The van der Waals surface area contributed by atoms with Crippen LogP contribution in [0.4, 0.5) is 5.69 Å². The molecule has 24 heavy (non-hydrogen) atoms. The van der Waals surface area contributed by atoms with E-state index in [4.69, 9.17) is 5.14 Å². The van der Waals surface area contributed by atoms with E-state index >= 15 is 0 Å². The number of nitrogens with two attached hydrogens (primary N) is 1. The van der Waals surface area contributed by atoms with Gasteiger partial charge in [-0.3, -0.25) is 4.79 Å². The zero-order valence-corrected chi connectivity index (χ0v) is 14.6. The second-order valence-corrected chi connectivity index (χ2v) is 8.85. The Balaban J connectivity index is 2.30. The van der Waals surface area contributed by atoms with Crippen molar-refractivity contribution in [1.82, 2.24) is 0 Å². The van der Waals surface area contributed by atoms with Crippen LogP contribution in [0.25, 0.3) is 0 Å². The maximum Gasteiger partial charge on any atom is 0.255 e. The van der Waals surface area contributed by atoms with Gasteiger partial charge in [-0.05, 0) is 48.9 Å². The third kappa shape index (κ3) is 4.19. The molecule has 128 valence electrons. The SMILES string of the molecule is Cc1ccc(S(C)(=O)=O)cc1C(=O)Nc1ccc(S(N)(=O)=O)cc1. The van der Waals surface area contributed by atoms with E-state index in [0.29, 0.717) is 11.3 Å². The minimum Gasteiger partial charge on any atom is -0.322 e. The molecule has 0 atom stereocenters. The summed E-state index contributed by atoms with van der Waals surface area (Å²) in [4.78, 5) is 12.3. The molecular weight excluding hydrogens is 352 g/mol. The molecule has 0 saturated heterocycles. The number of hydrogen-bond donors (Lipinski definition) is 2. The number of amides is 1. The number of carbonyl (C=O) groups excluding carboxylic acids is 1. The molecule has 0 fully saturated rings. The minimum absolute atomic E-state index is 0.0443. The molecular formula is C15H16N2O5S2. The number of carbonyl (C=O) groups is 1. The molecule has 0 bridgehead atoms. The smallest absolute Gasteiger partial charge is 0.255 e. The second kappa shape index (κ2) is 6.34. The summed E-state index contributed by atoms with van der Waals surface area (Å²) in [6, 6.07) is 9.62. The molecule has 3 N–H and O–H groups in total. The summed E-state index contributed by atoms with van der Waals surface area (Å²) in [5.74, 6) is -0.499. The van der Waals surface area contributed by atoms with Gasteiger partial charge in [0.1, 0.15) is 0 Å². The number of anilines is 1. The average molecular weight is 368 g/mol. The zero-order valence-electron chi connectivity index (χ0n) is 13.0. The number of aryl methyl sites for hydroxylation is 1. The predicted octanol–water partition coefficient (Wildman–Crippen LogP) is 1.30. The summed E-state index contributed by atoms with van der Waals surface area (Å²) in [5, 5.41) is 7.59. The Morgan fingerprint density at radius 3 is 2.00 bits per heavy atom. The molecule has 2 aromatic carbocycles. The second-order valence-electron chi connectivity index (χ2n) is 5.27. The first-order valence-electron chi connectivity index (χ1n) is 6.73. The number of nitrogens with one attached hydrogen (secondary N) is 1. The first-order chi connectivity index (χ1) is 11.0. The van der Waals surface area contributed by atoms with E-state index in [-0.39, 0.29) is 15.4 Å². The lowest BCUT2D eigenvalue weighted by atomic mass is 10.1. The number of rotatable bonds is 4. The van der Waals surface area contributed by atoms with Gasteiger partial charge in [-0.25, -0.2) is 22.0 Å². The van der Waals surface area contributed by atoms with Gasteiger partial charge in [-0.2, -0.15) is 0 Å². The number of sulfone groups is 1. The van der Waals surface area contributed by atoms with Gasteiger partial charge in [0.05, 0.1) is 9.79 Å². The molecule has 0 saturated carbocycles. The molecule has 0 radical (unpaired) electrons. The first kappa shape index (κ1) is 18.1. The molecule has 0 aliphatic heterocycles. The molecule has 0 unspecified atom stereocenters. The van der Waals surface area contributed by atoms with Crippen molar-refractivity contribution >= 4 is 31.5 Å². The van der Waals surface area contributed by atoms with E-state index in [9.17, 15) is 21.6 Å². The number of hydrogen-bond acceptors (Lipinski definition) is 5. The van der Waals surface area contributed by atoms with Crippen LogP contribution in [0.15, 0.2) is 52.3 Å². The lowest BCUT2D eigenvalue weighted by Crippen LogP contribution is -2.15. The van der Waals surface area contributed by atoms with Crippen molar-refractivity contribution in [3.05, 3.63) is 53.6 Å². The zero-order chi connectivity index (χ0) is 18.1. The summed E-state index contributed by atoms with van der Waals surface area (Å²) in [5.41, 5.74) is 1.19. The van der Waals surface area contributed by atoms with Gasteiger partial charge < -0.3 is 5.32 Å². The van der Waals surface area contributed by atoms with Crippen LogP contribution in [0, 0.1) is 6.92 Å². The highest BCUT2D eigenvalue weighted by molar-refractivity contribution is 7.90. The summed E-state index contributed by atoms with van der Waals surface area (Å²) < 4.78 is 45.6. The molecule has 0 aliphatic carbocycles. The monoisotopic (exact) mass is 368 g/mol. The molecule has 1 amide bonds. The van der Waals surface area contributed by atoms with Gasteiger partial charge in [0.2, 0.25) is 10.0 Å². The molecule has 0 aliphatic rings. The fourth-order valence-electron chi connectivity index (χ4n) is 2.00. The van der Waals surface area contributed by atoms with Crippen molar-refractivity contribution in [3.8, 4) is 0 Å². The predicted molar refractivity (Wildman–Crippen MR) is 90.1 cm³/mol. The summed E-state index contributed by atoms with van der Waals surface area (Å²) >= 11 is 0. The lowest BCUT2D eigenvalue weighted by molar-refractivity contribution is 0.102. The van der Waals surface area contributed by atoms with Crippen molar-refractivity contribution < 1.29 is 21.6 Å². The largest absolute Gasteiger partial charge is 0.322 e. The average Bonchev–Trinajstić information content (AvgIpc) is 2.46. The van der Waals surface area contributed by atoms with Gasteiger partial charge in [0.15, 0.2) is 9.84 Å². The highest BCUT2D eigenvalue weighted by Crippen LogP contribution is 2.18. The van der Waals surface area contributed by atoms with Gasteiger partial charge in [-0.15, -0.1) is 0 Å². The highest BCUT2D eigenvalue weighted by atomic mass is 32.2. The Labute approximate surface area is 140 Å². The summed E-state index contributed by atoms with van der Waals surface area (Å²) in [6.45, 7) is 1.69. The topological polar surface area (TPSA) is 123 Å². The Morgan fingerprint density at radius 1 is 0.958 bits per heavy atom. The van der Waals surface area contributed by atoms with Crippen LogP contribution in [-0.4, -0.2) is 29.0 Å². The van der Waals surface area contributed by atoms with E-state index in [1.807, 2.05) is 0 Å². The molecule has 9 heteroatoms. The Morgan fingerprint density at radius 2 is 1.50 bits per heavy atom. The van der Waals surface area contributed by atoms with E-state index in [1.165, 1.54) is 36.4 Å². The van der Waals surface area contributed by atoms with Crippen molar-refractivity contribution in [2.75, 3.05) is 11.6 Å². The van der Waals surface area contributed by atoms with E-state index in [0.717, 1.165) is 6.26 Å². The lowest BCUT2D eigenvalue weighted by Gasteiger charge is -2.10. The van der Waals surface area contributed by atoms with Crippen molar-refractivity contribution in [2.45, 2.75) is 16.7 Å². The van der Waals surface area contributed by atoms with Crippen molar-refractivity contribution in [1.29, 1.82) is 0 Å². The minimum atomic E-state index is -3.81. The van der Waals surface area contributed by atoms with E-state index in [1.54, 1.807) is 13.0 Å². The van der Waals surface area contributed by atoms with Crippen LogP contribution in [0.2, 0.25) is 0 Å². The van der Waals surface area contributed by atoms with Gasteiger partial charge in [0, 0.05) is 17.5 Å². The quantitative estimate of drug-likeness (QED) is 0.842. The number of sulfonamides is 1. The highest BCUT2D eigenvalue weighted by Gasteiger charge is 2.15. The third-order valence-electron chi connectivity index (χ3n) is 3.32. The van der Waals surface area contributed by atoms with E-state index in [2.05, 4.69) is 5.32 Å². The maximum atomic E-state index is 12.3. The fourth-order valence-corrected chi connectivity index (χ4v) is 3.17. The molecule has 0 spiro atoms. The van der Waals surface area contributed by atoms with Crippen LogP contribution in [0.1, 0.15) is 15.9 Å². The number of benzene rings is 2. The molecule has 0 heterocycles. The summed E-state index contributed by atoms with van der Waals surface area (Å²) in [7, 11) is -7.24. The molecule has 2 rings (SSSR count). The van der Waals surface area contributed by atoms with Gasteiger partial charge in [-0.1, -0.05) is 6.07 Å². The Bertz CT molecular complexity index is 995. The Hall–Kier alpha value is -2.23. The van der Waals surface area contributed by atoms with Crippen molar-refractivity contribution in [3.63, 3.8) is 0 Å². The van der Waals surface area contributed by atoms with Crippen molar-refractivity contribution in [2.24, 2.45) is 5.14 Å². The van der Waals surface area contributed by atoms with Crippen LogP contribution in [-0.2, 0) is 19.9 Å². The van der Waals surface area contributed by atoms with Gasteiger partial charge in [0.25, 0.3) is 5.91 Å². The third-order valence-corrected chi connectivity index (χ3v) is 5.36.